The molecule has 1 saturated heterocycles. The van der Waals surface area contributed by atoms with Crippen LogP contribution >= 0.6 is 0 Å². The van der Waals surface area contributed by atoms with E-state index in [0.29, 0.717) is 18.4 Å². The van der Waals surface area contributed by atoms with Gasteiger partial charge in [-0.2, -0.15) is 5.26 Å². The highest BCUT2D eigenvalue weighted by Crippen LogP contribution is 2.23. The third-order valence-corrected chi connectivity index (χ3v) is 3.15. The predicted octanol–water partition coefficient (Wildman–Crippen LogP) is 1.99. The Bertz CT molecular complexity index is 504. The number of ether oxygens (including phenoxy) is 1. The molecule has 6 heteroatoms. The Morgan fingerprint density at radius 3 is 3.00 bits per heavy atom. The van der Waals surface area contributed by atoms with Crippen molar-refractivity contribution in [2.24, 2.45) is 0 Å². The molecular formula is C13H15N3O3. The fourth-order valence-electron chi connectivity index (χ4n) is 2.12. The number of piperidine rings is 1. The van der Waals surface area contributed by atoms with E-state index in [1.54, 1.807) is 0 Å². The average molecular weight is 261 g/mol. The Kier molecular flexibility index (Phi) is 4.31. The number of nitriles is 1. The number of hydrogen-bond acceptors (Lipinski definition) is 5. The predicted molar refractivity (Wildman–Crippen MR) is 68.9 cm³/mol. The Morgan fingerprint density at radius 1 is 1.53 bits per heavy atom. The molecule has 1 heterocycles. The lowest BCUT2D eigenvalue weighted by atomic mass is 10.1. The molecule has 1 fully saturated rings. The van der Waals surface area contributed by atoms with Crippen LogP contribution in [0.4, 0.5) is 5.69 Å². The molecule has 0 bridgehead atoms. The van der Waals surface area contributed by atoms with Crippen LogP contribution in [0.25, 0.3) is 0 Å². The van der Waals surface area contributed by atoms with E-state index in [4.69, 9.17) is 10.00 Å². The van der Waals surface area contributed by atoms with Crippen LogP contribution < -0.4 is 10.1 Å². The molecule has 1 aromatic rings. The van der Waals surface area contributed by atoms with Gasteiger partial charge in [0.25, 0.3) is 5.69 Å². The third-order valence-electron chi connectivity index (χ3n) is 3.15. The second-order valence-electron chi connectivity index (χ2n) is 4.51. The van der Waals surface area contributed by atoms with Crippen LogP contribution in [0.5, 0.6) is 5.75 Å². The van der Waals surface area contributed by atoms with Gasteiger partial charge in [-0.25, -0.2) is 0 Å². The molecule has 0 aliphatic carbocycles. The molecule has 0 aromatic heterocycles. The molecule has 6 nitrogen and oxygen atoms in total. The molecule has 1 atom stereocenters. The van der Waals surface area contributed by atoms with E-state index in [1.807, 2.05) is 6.07 Å². The van der Waals surface area contributed by atoms with Gasteiger partial charge in [0.05, 0.1) is 4.92 Å². The quantitative estimate of drug-likeness (QED) is 0.661. The first-order valence-electron chi connectivity index (χ1n) is 6.25. The Morgan fingerprint density at radius 2 is 2.37 bits per heavy atom. The normalized spacial score (nSPS) is 18.6. The molecular weight excluding hydrogens is 246 g/mol. The average Bonchev–Trinajstić information content (AvgIpc) is 2.45. The molecule has 1 N–H and O–H groups in total. The summed E-state index contributed by atoms with van der Waals surface area (Å²) in [5.41, 5.74) is -0.162. The minimum absolute atomic E-state index is 0.0269. The number of benzene rings is 1. The summed E-state index contributed by atoms with van der Waals surface area (Å²) in [4.78, 5) is 10.1. The maximum absolute atomic E-state index is 10.7. The second-order valence-corrected chi connectivity index (χ2v) is 4.51. The standard InChI is InChI=1S/C13H15N3O3/c14-8-10-7-12(4-5-13(10)16(17)18)19-9-11-3-1-2-6-15-11/h4-5,7,11,15H,1-3,6,9H2. The van der Waals surface area contributed by atoms with Crippen molar-refractivity contribution >= 4 is 5.69 Å². The van der Waals surface area contributed by atoms with E-state index in [9.17, 15) is 10.1 Å². The Balaban J connectivity index is 2.01. The zero-order valence-corrected chi connectivity index (χ0v) is 10.5. The van der Waals surface area contributed by atoms with Crippen LogP contribution in [-0.2, 0) is 0 Å². The van der Waals surface area contributed by atoms with Gasteiger partial charge in [0, 0.05) is 18.2 Å². The van der Waals surface area contributed by atoms with Gasteiger partial charge in [-0.1, -0.05) is 6.42 Å². The summed E-state index contributed by atoms with van der Waals surface area (Å²) in [5, 5.41) is 22.9. The van der Waals surface area contributed by atoms with E-state index in [1.165, 1.54) is 31.0 Å². The summed E-state index contributed by atoms with van der Waals surface area (Å²) in [6.07, 6.45) is 3.44. The van der Waals surface area contributed by atoms with Gasteiger partial charge < -0.3 is 10.1 Å². The zero-order valence-electron chi connectivity index (χ0n) is 10.5. The van der Waals surface area contributed by atoms with Crippen LogP contribution in [0.1, 0.15) is 24.8 Å². The summed E-state index contributed by atoms with van der Waals surface area (Å²) in [6, 6.07) is 6.39. The van der Waals surface area contributed by atoms with Crippen molar-refractivity contribution in [3.63, 3.8) is 0 Å². The molecule has 1 aliphatic rings. The van der Waals surface area contributed by atoms with Gasteiger partial charge in [-0.05, 0) is 25.5 Å². The number of nitro groups is 1. The first-order chi connectivity index (χ1) is 9.20. The molecule has 0 amide bonds. The smallest absolute Gasteiger partial charge is 0.287 e. The SMILES string of the molecule is N#Cc1cc(OCC2CCCCN2)ccc1[N+](=O)[O-]. The van der Waals surface area contributed by atoms with Gasteiger partial charge >= 0.3 is 0 Å². The van der Waals surface area contributed by atoms with E-state index in [2.05, 4.69) is 5.32 Å². The summed E-state index contributed by atoms with van der Waals surface area (Å²) < 4.78 is 5.59. The molecule has 0 radical (unpaired) electrons. The third kappa shape index (κ3) is 3.42. The van der Waals surface area contributed by atoms with Crippen LogP contribution in [0.15, 0.2) is 18.2 Å². The maximum atomic E-state index is 10.7. The van der Waals surface area contributed by atoms with Crippen molar-refractivity contribution in [1.82, 2.24) is 5.32 Å². The molecule has 2 rings (SSSR count). The van der Waals surface area contributed by atoms with Crippen molar-refractivity contribution in [2.45, 2.75) is 25.3 Å². The minimum atomic E-state index is -0.564. The molecule has 1 unspecified atom stereocenters. The fourth-order valence-corrected chi connectivity index (χ4v) is 2.12. The number of nitrogens with one attached hydrogen (secondary N) is 1. The molecule has 19 heavy (non-hydrogen) atoms. The van der Waals surface area contributed by atoms with Gasteiger partial charge in [-0.15, -0.1) is 0 Å². The molecule has 100 valence electrons. The van der Waals surface area contributed by atoms with Crippen LogP contribution in [0.3, 0.4) is 0 Å². The number of rotatable bonds is 4. The van der Waals surface area contributed by atoms with Crippen molar-refractivity contribution in [3.05, 3.63) is 33.9 Å². The van der Waals surface area contributed by atoms with Gasteiger partial charge in [-0.3, -0.25) is 10.1 Å². The molecule has 1 aliphatic heterocycles. The van der Waals surface area contributed by atoms with E-state index in [0.717, 1.165) is 13.0 Å². The van der Waals surface area contributed by atoms with Crippen molar-refractivity contribution in [1.29, 1.82) is 5.26 Å². The van der Waals surface area contributed by atoms with E-state index < -0.39 is 4.92 Å². The lowest BCUT2D eigenvalue weighted by Crippen LogP contribution is -2.38. The lowest BCUT2D eigenvalue weighted by molar-refractivity contribution is -0.385. The highest BCUT2D eigenvalue weighted by molar-refractivity contribution is 5.52. The molecule has 0 spiro atoms. The first-order valence-corrected chi connectivity index (χ1v) is 6.25. The Hall–Kier alpha value is -2.13. The zero-order chi connectivity index (χ0) is 13.7. The minimum Gasteiger partial charge on any atom is -0.492 e. The Labute approximate surface area is 111 Å². The number of nitrogens with zero attached hydrogens (tertiary/aromatic N) is 2. The lowest BCUT2D eigenvalue weighted by Gasteiger charge is -2.23. The van der Waals surface area contributed by atoms with Crippen LogP contribution in [-0.4, -0.2) is 24.1 Å². The topological polar surface area (TPSA) is 88.2 Å². The number of nitro benzene ring substituents is 1. The summed E-state index contributed by atoms with van der Waals surface area (Å²) in [6.45, 7) is 1.51. The molecule has 1 aromatic carbocycles. The van der Waals surface area contributed by atoms with Gasteiger partial charge in [0.2, 0.25) is 0 Å². The van der Waals surface area contributed by atoms with E-state index >= 15 is 0 Å². The van der Waals surface area contributed by atoms with Gasteiger partial charge in [0.15, 0.2) is 0 Å². The van der Waals surface area contributed by atoms with Crippen molar-refractivity contribution in [3.8, 4) is 11.8 Å². The summed E-state index contributed by atoms with van der Waals surface area (Å²) in [7, 11) is 0. The van der Waals surface area contributed by atoms with Crippen LogP contribution in [0.2, 0.25) is 0 Å². The largest absolute Gasteiger partial charge is 0.492 e. The second kappa shape index (κ2) is 6.16. The van der Waals surface area contributed by atoms with Crippen molar-refractivity contribution < 1.29 is 9.66 Å². The first kappa shape index (κ1) is 13.3. The highest BCUT2D eigenvalue weighted by atomic mass is 16.6. The maximum Gasteiger partial charge on any atom is 0.287 e. The monoisotopic (exact) mass is 261 g/mol. The summed E-state index contributed by atoms with van der Waals surface area (Å²) in [5.74, 6) is 0.495. The fraction of sp³-hybridized carbons (Fsp3) is 0.462. The van der Waals surface area contributed by atoms with Crippen molar-refractivity contribution in [2.75, 3.05) is 13.2 Å². The highest BCUT2D eigenvalue weighted by Gasteiger charge is 2.16. The molecule has 0 saturated carbocycles. The van der Waals surface area contributed by atoms with E-state index in [-0.39, 0.29) is 11.3 Å². The van der Waals surface area contributed by atoms with Gasteiger partial charge in [0.1, 0.15) is 24.0 Å². The number of hydrogen-bond donors (Lipinski definition) is 1. The van der Waals surface area contributed by atoms with Crippen LogP contribution in [0, 0.1) is 21.4 Å². The summed E-state index contributed by atoms with van der Waals surface area (Å²) >= 11 is 0.